The molecule has 1 aromatic carbocycles. The number of fused-ring (bicyclic) bond motifs is 1. The van der Waals surface area contributed by atoms with Crippen LogP contribution < -0.4 is 0 Å². The molecule has 0 heterocycles. The number of benzene rings is 1. The number of hydrogen-bond acceptors (Lipinski definition) is 1. The Morgan fingerprint density at radius 2 is 1.71 bits per heavy atom. The number of carbonyl (C=O) groups excluding carboxylic acids is 1. The third kappa shape index (κ3) is 3.95. The van der Waals surface area contributed by atoms with E-state index < -0.39 is 0 Å². The van der Waals surface area contributed by atoms with Gasteiger partial charge in [0.15, 0.2) is 5.78 Å². The first-order valence-electron chi connectivity index (χ1n) is 9.14. The van der Waals surface area contributed by atoms with E-state index in [-0.39, 0.29) is 17.6 Å². The zero-order valence-electron chi connectivity index (χ0n) is 15.2. The third-order valence-electron chi connectivity index (χ3n) is 5.33. The monoisotopic (exact) mass is 322 g/mol. The van der Waals surface area contributed by atoms with Gasteiger partial charge in [0.1, 0.15) is 0 Å². The third-order valence-corrected chi connectivity index (χ3v) is 5.33. The van der Waals surface area contributed by atoms with Gasteiger partial charge in [-0.25, -0.2) is 0 Å². The van der Waals surface area contributed by atoms with Crippen molar-refractivity contribution < 1.29 is 4.79 Å². The van der Waals surface area contributed by atoms with Gasteiger partial charge in [-0.3, -0.25) is 4.79 Å². The average molecular weight is 322 g/mol. The molecule has 0 bridgehead atoms. The summed E-state index contributed by atoms with van der Waals surface area (Å²) in [6.45, 7) is 16.9. The quantitative estimate of drug-likeness (QED) is 0.491. The first-order chi connectivity index (χ1) is 11.5. The maximum atomic E-state index is 13.0. The summed E-state index contributed by atoms with van der Waals surface area (Å²) in [5, 5.41) is 0. The first kappa shape index (κ1) is 18.4. The van der Waals surface area contributed by atoms with Gasteiger partial charge in [-0.1, -0.05) is 74.6 Å². The summed E-state index contributed by atoms with van der Waals surface area (Å²) < 4.78 is 0. The van der Waals surface area contributed by atoms with Gasteiger partial charge >= 0.3 is 0 Å². The van der Waals surface area contributed by atoms with Crippen molar-refractivity contribution >= 4 is 5.78 Å². The van der Waals surface area contributed by atoms with Gasteiger partial charge in [0.2, 0.25) is 0 Å². The molecule has 0 amide bonds. The lowest BCUT2D eigenvalue weighted by Gasteiger charge is -2.33. The normalized spacial score (nSPS) is 19.9. The molecule has 0 fully saturated rings. The summed E-state index contributed by atoms with van der Waals surface area (Å²) in [5.74, 6) is 0.418. The first-order valence-corrected chi connectivity index (χ1v) is 9.14. The van der Waals surface area contributed by atoms with Gasteiger partial charge in [-0.05, 0) is 44.1 Å². The van der Waals surface area contributed by atoms with Crippen LogP contribution in [-0.2, 0) is 0 Å². The SMILES string of the molecule is C=C(CC)CCCC1C(=C)C(CC(=C)CC)c2ccccc2C1=O. The fourth-order valence-electron chi connectivity index (χ4n) is 3.55. The van der Waals surface area contributed by atoms with Gasteiger partial charge < -0.3 is 0 Å². The lowest BCUT2D eigenvalue weighted by molar-refractivity contribution is 0.0920. The van der Waals surface area contributed by atoms with Crippen LogP contribution in [0.15, 0.2) is 60.7 Å². The van der Waals surface area contributed by atoms with E-state index in [0.29, 0.717) is 0 Å². The van der Waals surface area contributed by atoms with Crippen LogP contribution in [0.2, 0.25) is 0 Å². The molecule has 1 heteroatoms. The van der Waals surface area contributed by atoms with E-state index in [4.69, 9.17) is 0 Å². The van der Waals surface area contributed by atoms with E-state index >= 15 is 0 Å². The lowest BCUT2D eigenvalue weighted by Crippen LogP contribution is -2.28. The highest BCUT2D eigenvalue weighted by Crippen LogP contribution is 2.43. The standard InChI is InChI=1S/C23H30O/c1-6-16(3)11-10-14-19-18(5)22(15-17(4)7-2)20-12-8-9-13-21(20)23(19)24/h8-9,12-13,19,22H,3-7,10-11,14-15H2,1-2H3. The van der Waals surface area contributed by atoms with Crippen molar-refractivity contribution in [2.45, 2.75) is 58.3 Å². The molecule has 0 saturated heterocycles. The number of carbonyl (C=O) groups is 1. The Labute approximate surface area is 147 Å². The molecule has 0 aromatic heterocycles. The van der Waals surface area contributed by atoms with Gasteiger partial charge in [0.05, 0.1) is 0 Å². The Balaban J connectivity index is 2.24. The number of rotatable bonds is 8. The van der Waals surface area contributed by atoms with E-state index in [1.807, 2.05) is 18.2 Å². The van der Waals surface area contributed by atoms with Crippen molar-refractivity contribution in [1.29, 1.82) is 0 Å². The van der Waals surface area contributed by atoms with Crippen LogP contribution in [0, 0.1) is 5.92 Å². The summed E-state index contributed by atoms with van der Waals surface area (Å²) in [4.78, 5) is 13.0. The van der Waals surface area contributed by atoms with Gasteiger partial charge in [0, 0.05) is 17.4 Å². The molecule has 0 aliphatic heterocycles. The molecule has 1 aliphatic carbocycles. The summed E-state index contributed by atoms with van der Waals surface area (Å²) in [6, 6.07) is 8.05. The predicted octanol–water partition coefficient (Wildman–Crippen LogP) is 6.63. The summed E-state index contributed by atoms with van der Waals surface area (Å²) in [5.41, 5.74) is 5.59. The second-order valence-electron chi connectivity index (χ2n) is 6.94. The van der Waals surface area contributed by atoms with Gasteiger partial charge in [-0.2, -0.15) is 0 Å². The molecule has 2 atom stereocenters. The van der Waals surface area contributed by atoms with Crippen molar-refractivity contribution in [3.05, 3.63) is 71.8 Å². The van der Waals surface area contributed by atoms with E-state index in [1.165, 1.54) is 11.1 Å². The number of hydrogen-bond donors (Lipinski definition) is 0. The molecule has 0 N–H and O–H groups in total. The van der Waals surface area contributed by atoms with Crippen LogP contribution in [0.1, 0.15) is 74.2 Å². The number of Topliss-reactive ketones (excluding diaryl/α,β-unsaturated/α-hetero) is 1. The Morgan fingerprint density at radius 1 is 1.04 bits per heavy atom. The molecule has 2 unspecified atom stereocenters. The summed E-state index contributed by atoms with van der Waals surface area (Å²) in [7, 11) is 0. The topological polar surface area (TPSA) is 17.1 Å². The highest BCUT2D eigenvalue weighted by molar-refractivity contribution is 6.03. The zero-order valence-corrected chi connectivity index (χ0v) is 15.2. The minimum atomic E-state index is -0.0563. The second-order valence-corrected chi connectivity index (χ2v) is 6.94. The molecule has 2 rings (SSSR count). The minimum absolute atomic E-state index is 0.0563. The fourth-order valence-corrected chi connectivity index (χ4v) is 3.55. The highest BCUT2D eigenvalue weighted by atomic mass is 16.1. The lowest BCUT2D eigenvalue weighted by atomic mass is 9.69. The Morgan fingerprint density at radius 3 is 2.38 bits per heavy atom. The Bertz CT molecular complexity index is 650. The second kappa shape index (κ2) is 8.28. The zero-order chi connectivity index (χ0) is 17.7. The molecular formula is C23H30O. The van der Waals surface area contributed by atoms with E-state index in [1.54, 1.807) is 0 Å². The molecule has 1 aliphatic rings. The molecule has 128 valence electrons. The van der Waals surface area contributed by atoms with Crippen LogP contribution in [0.25, 0.3) is 0 Å². The maximum absolute atomic E-state index is 13.0. The van der Waals surface area contributed by atoms with Crippen LogP contribution in [0.4, 0.5) is 0 Å². The van der Waals surface area contributed by atoms with Crippen LogP contribution in [0.3, 0.4) is 0 Å². The molecule has 24 heavy (non-hydrogen) atoms. The molecule has 1 aromatic rings. The largest absolute Gasteiger partial charge is 0.293 e. The molecule has 1 nitrogen and oxygen atoms in total. The number of allylic oxidation sites excluding steroid dienone is 3. The fraction of sp³-hybridized carbons (Fsp3) is 0.435. The van der Waals surface area contributed by atoms with Crippen molar-refractivity contribution in [1.82, 2.24) is 0 Å². The van der Waals surface area contributed by atoms with Crippen molar-refractivity contribution in [3.63, 3.8) is 0 Å². The van der Waals surface area contributed by atoms with Crippen LogP contribution in [-0.4, -0.2) is 5.78 Å². The van der Waals surface area contributed by atoms with Crippen LogP contribution in [0.5, 0.6) is 0 Å². The molecule has 0 spiro atoms. The Kier molecular flexibility index (Phi) is 6.36. The van der Waals surface area contributed by atoms with Gasteiger partial charge in [0.25, 0.3) is 0 Å². The van der Waals surface area contributed by atoms with E-state index in [9.17, 15) is 4.79 Å². The molecular weight excluding hydrogens is 292 g/mol. The Hall–Kier alpha value is -1.89. The highest BCUT2D eigenvalue weighted by Gasteiger charge is 2.35. The van der Waals surface area contributed by atoms with Crippen molar-refractivity contribution in [2.24, 2.45) is 5.92 Å². The van der Waals surface area contributed by atoms with Crippen molar-refractivity contribution in [2.75, 3.05) is 0 Å². The molecule has 0 radical (unpaired) electrons. The van der Waals surface area contributed by atoms with Crippen molar-refractivity contribution in [3.8, 4) is 0 Å². The van der Waals surface area contributed by atoms with Gasteiger partial charge in [-0.15, -0.1) is 0 Å². The minimum Gasteiger partial charge on any atom is -0.293 e. The summed E-state index contributed by atoms with van der Waals surface area (Å²) in [6.07, 6.45) is 5.77. The van der Waals surface area contributed by atoms with E-state index in [2.05, 4.69) is 39.7 Å². The maximum Gasteiger partial charge on any atom is 0.170 e. The predicted molar refractivity (Wildman–Crippen MR) is 103 cm³/mol. The molecule has 0 saturated carbocycles. The summed E-state index contributed by atoms with van der Waals surface area (Å²) >= 11 is 0. The van der Waals surface area contributed by atoms with E-state index in [0.717, 1.165) is 55.2 Å². The van der Waals surface area contributed by atoms with Crippen LogP contribution >= 0.6 is 0 Å². The average Bonchev–Trinajstić information content (AvgIpc) is 2.60. The number of ketones is 1. The smallest absolute Gasteiger partial charge is 0.170 e.